The van der Waals surface area contributed by atoms with E-state index in [0.717, 1.165) is 61.6 Å². The van der Waals surface area contributed by atoms with Crippen LogP contribution in [0, 0.1) is 0 Å². The van der Waals surface area contributed by atoms with Gasteiger partial charge in [0, 0.05) is 23.4 Å². The van der Waals surface area contributed by atoms with Crippen LogP contribution in [0.15, 0.2) is 24.3 Å². The number of hydrogen-bond donors (Lipinski definition) is 0. The van der Waals surface area contributed by atoms with Crippen LogP contribution in [0.4, 0.5) is 0 Å². The molecule has 2 aromatic carbocycles. The minimum Gasteiger partial charge on any atom is -0.493 e. The monoisotopic (exact) mass is 421 g/mol. The molecule has 164 valence electrons. The van der Waals surface area contributed by atoms with Gasteiger partial charge in [0.1, 0.15) is 0 Å². The zero-order chi connectivity index (χ0) is 21.6. The third-order valence-corrected chi connectivity index (χ3v) is 6.95. The molecule has 31 heavy (non-hydrogen) atoms. The van der Waals surface area contributed by atoms with E-state index in [4.69, 9.17) is 18.9 Å². The van der Waals surface area contributed by atoms with Crippen molar-refractivity contribution in [2.45, 2.75) is 51.5 Å². The van der Waals surface area contributed by atoms with Crippen molar-refractivity contribution in [3.63, 3.8) is 0 Å². The minimum atomic E-state index is -0.128. The summed E-state index contributed by atoms with van der Waals surface area (Å²) in [5.74, 6) is 3.38. The van der Waals surface area contributed by atoms with Gasteiger partial charge in [0.15, 0.2) is 23.0 Å². The second kappa shape index (κ2) is 7.70. The fraction of sp³-hybridized carbons (Fsp3) is 0.462. The first-order chi connectivity index (χ1) is 15.2. The van der Waals surface area contributed by atoms with Crippen molar-refractivity contribution in [2.24, 2.45) is 0 Å². The van der Waals surface area contributed by atoms with Crippen LogP contribution >= 0.6 is 0 Å². The van der Waals surface area contributed by atoms with Crippen molar-refractivity contribution in [1.82, 2.24) is 4.90 Å². The van der Waals surface area contributed by atoms with E-state index >= 15 is 0 Å². The van der Waals surface area contributed by atoms with Crippen LogP contribution in [0.2, 0.25) is 0 Å². The molecule has 0 amide bonds. The molecular formula is C26H31NO4. The summed E-state index contributed by atoms with van der Waals surface area (Å²) in [4.78, 5) is 2.63. The molecule has 5 nitrogen and oxygen atoms in total. The van der Waals surface area contributed by atoms with Gasteiger partial charge in [-0.3, -0.25) is 0 Å². The normalized spacial score (nSPS) is 17.4. The van der Waals surface area contributed by atoms with Gasteiger partial charge in [-0.1, -0.05) is 32.8 Å². The van der Waals surface area contributed by atoms with Crippen molar-refractivity contribution < 1.29 is 18.9 Å². The lowest BCUT2D eigenvalue weighted by Crippen LogP contribution is -2.49. The Morgan fingerprint density at radius 3 is 2.42 bits per heavy atom. The maximum Gasteiger partial charge on any atom is 0.231 e. The third kappa shape index (κ3) is 2.89. The van der Waals surface area contributed by atoms with Crippen molar-refractivity contribution in [3.05, 3.63) is 46.5 Å². The van der Waals surface area contributed by atoms with E-state index in [9.17, 15) is 0 Å². The molecule has 0 spiro atoms. The molecule has 0 aromatic heterocycles. The van der Waals surface area contributed by atoms with Gasteiger partial charge in [-0.15, -0.1) is 0 Å². The Morgan fingerprint density at radius 2 is 1.74 bits per heavy atom. The van der Waals surface area contributed by atoms with Gasteiger partial charge in [0.25, 0.3) is 0 Å². The Kier molecular flexibility index (Phi) is 4.99. The molecular weight excluding hydrogens is 390 g/mol. The lowest BCUT2D eigenvalue weighted by molar-refractivity contribution is 0.120. The van der Waals surface area contributed by atoms with E-state index in [1.807, 2.05) is 6.07 Å². The van der Waals surface area contributed by atoms with Crippen LogP contribution in [0.5, 0.6) is 23.0 Å². The molecule has 0 radical (unpaired) electrons. The Morgan fingerprint density at radius 1 is 1.00 bits per heavy atom. The van der Waals surface area contributed by atoms with E-state index in [2.05, 4.69) is 43.0 Å². The first-order valence-electron chi connectivity index (χ1n) is 11.3. The van der Waals surface area contributed by atoms with Crippen molar-refractivity contribution >= 4 is 11.8 Å². The van der Waals surface area contributed by atoms with Gasteiger partial charge < -0.3 is 23.8 Å². The molecule has 2 aromatic rings. The van der Waals surface area contributed by atoms with Crippen LogP contribution in [0.3, 0.4) is 0 Å². The number of methoxy groups -OCH3 is 2. The molecule has 0 saturated heterocycles. The molecule has 0 saturated carbocycles. The SMILES string of the molecule is CCCC1(CCC)c2c(ccc(OC)c2OC)C=C2c3cc4c(cc3CCN21)OCO4. The van der Waals surface area contributed by atoms with Crippen molar-refractivity contribution in [1.29, 1.82) is 0 Å². The fourth-order valence-corrected chi connectivity index (χ4v) is 5.82. The standard InChI is InChI=1S/C26H31NO4/c1-5-10-26(11-6-2)24-18(7-8-21(28-3)25(24)29-4)13-20-19-15-23-22(30-16-31-23)14-17(19)9-12-27(20)26/h7-8,13-15H,5-6,9-12,16H2,1-4H3. The van der Waals surface area contributed by atoms with E-state index in [-0.39, 0.29) is 5.54 Å². The Labute approximate surface area is 184 Å². The summed E-state index contributed by atoms with van der Waals surface area (Å²) in [7, 11) is 3.47. The quantitative estimate of drug-likeness (QED) is 0.607. The highest BCUT2D eigenvalue weighted by Gasteiger charge is 2.46. The topological polar surface area (TPSA) is 40.2 Å². The Bertz CT molecular complexity index is 1040. The largest absolute Gasteiger partial charge is 0.493 e. The molecule has 0 fully saturated rings. The summed E-state index contributed by atoms with van der Waals surface area (Å²) in [5, 5.41) is 0. The summed E-state index contributed by atoms with van der Waals surface area (Å²) in [6, 6.07) is 8.55. The Balaban J connectivity index is 1.78. The second-order valence-electron chi connectivity index (χ2n) is 8.59. The van der Waals surface area contributed by atoms with Gasteiger partial charge in [-0.05, 0) is 54.7 Å². The summed E-state index contributed by atoms with van der Waals surface area (Å²) in [6.45, 7) is 5.82. The molecule has 3 aliphatic rings. The van der Waals surface area contributed by atoms with Crippen molar-refractivity contribution in [2.75, 3.05) is 27.6 Å². The maximum absolute atomic E-state index is 5.97. The molecule has 3 heterocycles. The average molecular weight is 422 g/mol. The van der Waals surface area contributed by atoms with Gasteiger partial charge in [-0.25, -0.2) is 0 Å². The molecule has 3 aliphatic heterocycles. The Hall–Kier alpha value is -2.82. The fourth-order valence-electron chi connectivity index (χ4n) is 5.82. The predicted molar refractivity (Wildman–Crippen MR) is 122 cm³/mol. The number of benzene rings is 2. The molecule has 5 rings (SSSR count). The number of fused-ring (bicyclic) bond motifs is 5. The summed E-state index contributed by atoms with van der Waals surface area (Å²) in [6.07, 6.45) is 7.62. The summed E-state index contributed by atoms with van der Waals surface area (Å²) >= 11 is 0. The smallest absolute Gasteiger partial charge is 0.231 e. The van der Waals surface area contributed by atoms with E-state index in [1.54, 1.807) is 14.2 Å². The van der Waals surface area contributed by atoms with Crippen LogP contribution in [-0.4, -0.2) is 32.5 Å². The number of nitrogens with zero attached hydrogens (tertiary/aromatic N) is 1. The second-order valence-corrected chi connectivity index (χ2v) is 8.59. The van der Waals surface area contributed by atoms with Gasteiger partial charge >= 0.3 is 0 Å². The van der Waals surface area contributed by atoms with Crippen LogP contribution in [0.1, 0.15) is 61.8 Å². The molecule has 0 N–H and O–H groups in total. The summed E-state index contributed by atoms with van der Waals surface area (Å²) in [5.41, 5.74) is 6.23. The zero-order valence-corrected chi connectivity index (χ0v) is 18.9. The maximum atomic E-state index is 5.97. The number of rotatable bonds is 6. The van der Waals surface area contributed by atoms with E-state index in [0.29, 0.717) is 6.79 Å². The van der Waals surface area contributed by atoms with E-state index < -0.39 is 0 Å². The molecule has 0 bridgehead atoms. The number of ether oxygens (including phenoxy) is 4. The predicted octanol–water partition coefficient (Wildman–Crippen LogP) is 5.60. The highest BCUT2D eigenvalue weighted by molar-refractivity contribution is 5.88. The first kappa shape index (κ1) is 20.1. The van der Waals surface area contributed by atoms with Gasteiger partial charge in [0.05, 0.1) is 19.8 Å². The van der Waals surface area contributed by atoms with Crippen LogP contribution in [0.25, 0.3) is 11.8 Å². The average Bonchev–Trinajstić information content (AvgIpc) is 3.24. The molecule has 0 atom stereocenters. The highest BCUT2D eigenvalue weighted by atomic mass is 16.7. The highest BCUT2D eigenvalue weighted by Crippen LogP contribution is 2.55. The minimum absolute atomic E-state index is 0.128. The van der Waals surface area contributed by atoms with Gasteiger partial charge in [0.2, 0.25) is 6.79 Å². The molecule has 5 heteroatoms. The zero-order valence-electron chi connectivity index (χ0n) is 18.9. The lowest BCUT2D eigenvalue weighted by atomic mass is 9.72. The summed E-state index contributed by atoms with van der Waals surface area (Å²) < 4.78 is 23.0. The van der Waals surface area contributed by atoms with Crippen LogP contribution < -0.4 is 18.9 Å². The molecule has 0 unspecified atom stereocenters. The van der Waals surface area contributed by atoms with Crippen LogP contribution in [-0.2, 0) is 12.0 Å². The molecule has 0 aliphatic carbocycles. The first-order valence-corrected chi connectivity index (χ1v) is 11.3. The van der Waals surface area contributed by atoms with Crippen molar-refractivity contribution in [3.8, 4) is 23.0 Å². The lowest BCUT2D eigenvalue weighted by Gasteiger charge is -2.52. The number of hydrogen-bond acceptors (Lipinski definition) is 5. The van der Waals surface area contributed by atoms with Gasteiger partial charge in [-0.2, -0.15) is 0 Å². The third-order valence-electron chi connectivity index (χ3n) is 6.95. The van der Waals surface area contributed by atoms with E-state index in [1.165, 1.54) is 28.0 Å².